The van der Waals surface area contributed by atoms with E-state index in [4.69, 9.17) is 16.7 Å². The monoisotopic (exact) mass is 176 g/mol. The van der Waals surface area contributed by atoms with E-state index in [1.54, 1.807) is 18.2 Å². The molecule has 2 nitrogen and oxygen atoms in total. The van der Waals surface area contributed by atoms with E-state index in [0.717, 1.165) is 0 Å². The Hall–Kier alpha value is -1.09. The highest BCUT2D eigenvalue weighted by molar-refractivity contribution is 6.33. The standard InChI is InChI=1S/C7H5ClO2.FH/c8-6-4-2-1-3-5(6)7(9)10;/h1-4H,(H,9,10);1H. The lowest BCUT2D eigenvalue weighted by Crippen LogP contribution is -1.95. The van der Waals surface area contributed by atoms with Crippen molar-refractivity contribution >= 4 is 17.6 Å². The van der Waals surface area contributed by atoms with Crippen LogP contribution in [0.15, 0.2) is 24.3 Å². The summed E-state index contributed by atoms with van der Waals surface area (Å²) in [5.41, 5.74) is 0.143. The van der Waals surface area contributed by atoms with Gasteiger partial charge in [0.05, 0.1) is 10.6 Å². The van der Waals surface area contributed by atoms with E-state index >= 15 is 0 Å². The minimum Gasteiger partial charge on any atom is -0.478 e. The molecular weight excluding hydrogens is 171 g/mol. The quantitative estimate of drug-likeness (QED) is 0.712. The fraction of sp³-hybridized carbons (Fsp3) is 0. The van der Waals surface area contributed by atoms with Gasteiger partial charge in [-0.3, -0.25) is 4.70 Å². The molecule has 0 aliphatic heterocycles. The van der Waals surface area contributed by atoms with Gasteiger partial charge in [-0.1, -0.05) is 23.7 Å². The van der Waals surface area contributed by atoms with Crippen molar-refractivity contribution < 1.29 is 14.6 Å². The van der Waals surface area contributed by atoms with Crippen LogP contribution >= 0.6 is 11.6 Å². The van der Waals surface area contributed by atoms with Crippen LogP contribution < -0.4 is 0 Å². The highest BCUT2D eigenvalue weighted by Crippen LogP contribution is 2.13. The third kappa shape index (κ3) is 2.20. The van der Waals surface area contributed by atoms with Crippen LogP contribution in [0.2, 0.25) is 5.02 Å². The molecule has 0 saturated heterocycles. The number of carbonyl (C=O) groups is 1. The maximum absolute atomic E-state index is 10.3. The largest absolute Gasteiger partial charge is 0.478 e. The Labute approximate surface area is 67.8 Å². The predicted octanol–water partition coefficient (Wildman–Crippen LogP) is 2.19. The van der Waals surface area contributed by atoms with Gasteiger partial charge in [-0.2, -0.15) is 0 Å². The number of rotatable bonds is 1. The molecule has 0 amide bonds. The molecule has 0 atom stereocenters. The van der Waals surface area contributed by atoms with Crippen LogP contribution in [0.25, 0.3) is 0 Å². The van der Waals surface area contributed by atoms with Gasteiger partial charge in [0.15, 0.2) is 0 Å². The summed E-state index contributed by atoms with van der Waals surface area (Å²) in [5, 5.41) is 8.75. The molecule has 0 aromatic heterocycles. The van der Waals surface area contributed by atoms with Gasteiger partial charge in [-0.05, 0) is 12.1 Å². The molecule has 0 aliphatic carbocycles. The van der Waals surface area contributed by atoms with Gasteiger partial charge in [0.1, 0.15) is 0 Å². The lowest BCUT2D eigenvalue weighted by atomic mass is 10.2. The number of aromatic carboxylic acids is 1. The van der Waals surface area contributed by atoms with Gasteiger partial charge in [0, 0.05) is 0 Å². The van der Waals surface area contributed by atoms with Crippen molar-refractivity contribution in [1.82, 2.24) is 0 Å². The van der Waals surface area contributed by atoms with E-state index in [-0.39, 0.29) is 15.3 Å². The maximum atomic E-state index is 10.3. The summed E-state index contributed by atoms with van der Waals surface area (Å²) < 4.78 is 0. The molecule has 60 valence electrons. The molecule has 0 bridgehead atoms. The number of halogens is 2. The van der Waals surface area contributed by atoms with Gasteiger partial charge in [-0.25, -0.2) is 4.79 Å². The minimum atomic E-state index is -0.995. The molecule has 0 fully saturated rings. The first-order valence-corrected chi connectivity index (χ1v) is 3.07. The lowest BCUT2D eigenvalue weighted by Gasteiger charge is -1.94. The van der Waals surface area contributed by atoms with Gasteiger partial charge in [-0.15, -0.1) is 0 Å². The van der Waals surface area contributed by atoms with Gasteiger partial charge < -0.3 is 5.11 Å². The molecule has 11 heavy (non-hydrogen) atoms. The van der Waals surface area contributed by atoms with Crippen molar-refractivity contribution in [3.63, 3.8) is 0 Å². The van der Waals surface area contributed by atoms with Crippen LogP contribution in [0, 0.1) is 0 Å². The molecule has 0 saturated carbocycles. The molecule has 1 aromatic carbocycles. The molecule has 0 radical (unpaired) electrons. The normalized spacial score (nSPS) is 8.45. The van der Waals surface area contributed by atoms with Crippen LogP contribution in [0.5, 0.6) is 0 Å². The maximum Gasteiger partial charge on any atom is 0.337 e. The van der Waals surface area contributed by atoms with E-state index in [2.05, 4.69) is 0 Å². The second-order valence-electron chi connectivity index (χ2n) is 1.78. The van der Waals surface area contributed by atoms with E-state index in [1.807, 2.05) is 0 Å². The van der Waals surface area contributed by atoms with Crippen LogP contribution in [0.1, 0.15) is 10.4 Å². The van der Waals surface area contributed by atoms with Crippen molar-refractivity contribution in [2.45, 2.75) is 0 Å². The summed E-state index contributed by atoms with van der Waals surface area (Å²) in [6.45, 7) is 0. The summed E-state index contributed by atoms with van der Waals surface area (Å²) in [4.78, 5) is 10.3. The molecule has 1 rings (SSSR count). The zero-order chi connectivity index (χ0) is 7.56. The Morgan fingerprint density at radius 2 is 1.91 bits per heavy atom. The Balaban J connectivity index is 0.000001000. The summed E-state index contributed by atoms with van der Waals surface area (Å²) in [5.74, 6) is -0.995. The number of benzene rings is 1. The zero-order valence-electron chi connectivity index (χ0n) is 5.45. The van der Waals surface area contributed by atoms with Crippen molar-refractivity contribution in [3.8, 4) is 0 Å². The summed E-state index contributed by atoms with van der Waals surface area (Å²) >= 11 is 5.54. The molecular formula is C7H6ClFO2. The SMILES string of the molecule is F.O=C(O)c1ccccc1Cl. The summed E-state index contributed by atoms with van der Waals surface area (Å²) in [7, 11) is 0. The Morgan fingerprint density at radius 1 is 1.36 bits per heavy atom. The highest BCUT2D eigenvalue weighted by Gasteiger charge is 2.04. The third-order valence-corrected chi connectivity index (χ3v) is 1.43. The van der Waals surface area contributed by atoms with Crippen molar-refractivity contribution in [2.24, 2.45) is 0 Å². The lowest BCUT2D eigenvalue weighted by molar-refractivity contribution is 0.0697. The predicted molar refractivity (Wildman–Crippen MR) is 40.9 cm³/mol. The molecule has 4 heteroatoms. The third-order valence-electron chi connectivity index (χ3n) is 1.10. The van der Waals surface area contributed by atoms with Crippen LogP contribution in [0.3, 0.4) is 0 Å². The first-order valence-electron chi connectivity index (χ1n) is 2.69. The van der Waals surface area contributed by atoms with Gasteiger partial charge in [0.2, 0.25) is 0 Å². The van der Waals surface area contributed by atoms with Gasteiger partial charge >= 0.3 is 5.97 Å². The molecule has 0 spiro atoms. The Morgan fingerprint density at radius 3 is 2.27 bits per heavy atom. The molecule has 1 aromatic rings. The number of carboxylic acid groups (broad SMARTS) is 1. The van der Waals surface area contributed by atoms with Crippen molar-refractivity contribution in [1.29, 1.82) is 0 Å². The fourth-order valence-corrected chi connectivity index (χ4v) is 0.851. The molecule has 1 N–H and O–H groups in total. The molecule has 0 unspecified atom stereocenters. The second-order valence-corrected chi connectivity index (χ2v) is 2.19. The first kappa shape index (κ1) is 9.91. The fourth-order valence-electron chi connectivity index (χ4n) is 0.635. The minimum absolute atomic E-state index is 0. The Kier molecular flexibility index (Phi) is 3.54. The number of hydrogen-bond acceptors (Lipinski definition) is 1. The van der Waals surface area contributed by atoms with E-state index < -0.39 is 5.97 Å². The van der Waals surface area contributed by atoms with E-state index in [9.17, 15) is 4.79 Å². The Bertz CT molecular complexity index is 262. The van der Waals surface area contributed by atoms with Gasteiger partial charge in [0.25, 0.3) is 0 Å². The average Bonchev–Trinajstić information content (AvgIpc) is 1.88. The van der Waals surface area contributed by atoms with Crippen LogP contribution in [-0.4, -0.2) is 11.1 Å². The van der Waals surface area contributed by atoms with Crippen LogP contribution in [-0.2, 0) is 0 Å². The van der Waals surface area contributed by atoms with Crippen LogP contribution in [0.4, 0.5) is 4.70 Å². The summed E-state index contributed by atoms with van der Waals surface area (Å²) in [6.07, 6.45) is 0. The average molecular weight is 177 g/mol. The van der Waals surface area contributed by atoms with E-state index in [1.165, 1.54) is 6.07 Å². The second kappa shape index (κ2) is 3.93. The molecule has 0 aliphatic rings. The first-order chi connectivity index (χ1) is 4.72. The molecule has 0 heterocycles. The summed E-state index contributed by atoms with van der Waals surface area (Å²) in [6, 6.07) is 6.33. The number of carboxylic acids is 1. The van der Waals surface area contributed by atoms with Crippen molar-refractivity contribution in [3.05, 3.63) is 34.9 Å². The highest BCUT2D eigenvalue weighted by atomic mass is 35.5. The van der Waals surface area contributed by atoms with E-state index in [0.29, 0.717) is 0 Å². The van der Waals surface area contributed by atoms with Crippen molar-refractivity contribution in [2.75, 3.05) is 0 Å². The smallest absolute Gasteiger partial charge is 0.337 e. The number of hydrogen-bond donors (Lipinski definition) is 1. The topological polar surface area (TPSA) is 37.3 Å². The zero-order valence-corrected chi connectivity index (χ0v) is 6.21.